The lowest BCUT2D eigenvalue weighted by molar-refractivity contribution is 0.0902. The summed E-state index contributed by atoms with van der Waals surface area (Å²) in [5.74, 6) is 2.37. The van der Waals surface area contributed by atoms with Gasteiger partial charge in [0.2, 0.25) is 0 Å². The van der Waals surface area contributed by atoms with E-state index in [1.807, 2.05) is 31.3 Å². The van der Waals surface area contributed by atoms with Crippen LogP contribution in [0.5, 0.6) is 0 Å². The Morgan fingerprint density at radius 1 is 1.23 bits per heavy atom. The number of aromatic nitrogens is 6. The number of hydrogen-bond acceptors (Lipinski definition) is 7. The average Bonchev–Trinajstić information content (AvgIpc) is 3.14. The molecule has 0 radical (unpaired) electrons. The second-order valence-corrected chi connectivity index (χ2v) is 6.14. The molecular formula is C18H21N7O. The molecule has 0 spiro atoms. The van der Waals surface area contributed by atoms with Crippen molar-refractivity contribution in [3.63, 3.8) is 0 Å². The second-order valence-electron chi connectivity index (χ2n) is 6.14. The zero-order chi connectivity index (χ0) is 17.9. The SMILES string of the molecule is CCc1cc(N2CCOC[C@@H]2c2ncnn2C)nc(-c2ccccn2)n1. The summed E-state index contributed by atoms with van der Waals surface area (Å²) < 4.78 is 7.49. The molecule has 0 N–H and O–H groups in total. The molecule has 3 aromatic heterocycles. The van der Waals surface area contributed by atoms with Gasteiger partial charge in [-0.2, -0.15) is 5.10 Å². The van der Waals surface area contributed by atoms with E-state index in [-0.39, 0.29) is 6.04 Å². The van der Waals surface area contributed by atoms with Gasteiger partial charge in [0.05, 0.1) is 13.2 Å². The summed E-state index contributed by atoms with van der Waals surface area (Å²) in [6, 6.07) is 7.77. The van der Waals surface area contributed by atoms with Crippen LogP contribution in [0.3, 0.4) is 0 Å². The van der Waals surface area contributed by atoms with Crippen LogP contribution >= 0.6 is 0 Å². The van der Waals surface area contributed by atoms with E-state index in [0.29, 0.717) is 19.0 Å². The summed E-state index contributed by atoms with van der Waals surface area (Å²) in [6.07, 6.45) is 4.15. The molecule has 26 heavy (non-hydrogen) atoms. The average molecular weight is 351 g/mol. The van der Waals surface area contributed by atoms with Crippen molar-refractivity contribution in [2.75, 3.05) is 24.7 Å². The minimum absolute atomic E-state index is 0.0348. The van der Waals surface area contributed by atoms with Crippen LogP contribution in [0.2, 0.25) is 0 Å². The van der Waals surface area contributed by atoms with Crippen LogP contribution in [0.1, 0.15) is 24.5 Å². The van der Waals surface area contributed by atoms with E-state index in [9.17, 15) is 0 Å². The van der Waals surface area contributed by atoms with Crippen molar-refractivity contribution < 1.29 is 4.74 Å². The Hall–Kier alpha value is -2.87. The lowest BCUT2D eigenvalue weighted by Gasteiger charge is -2.35. The van der Waals surface area contributed by atoms with Gasteiger partial charge >= 0.3 is 0 Å². The number of anilines is 1. The van der Waals surface area contributed by atoms with Crippen LogP contribution in [0.4, 0.5) is 5.82 Å². The Morgan fingerprint density at radius 2 is 2.15 bits per heavy atom. The number of ether oxygens (including phenoxy) is 1. The fourth-order valence-electron chi connectivity index (χ4n) is 3.12. The Bertz CT molecular complexity index is 880. The lowest BCUT2D eigenvalue weighted by Crippen LogP contribution is -2.41. The summed E-state index contributed by atoms with van der Waals surface area (Å²) in [5, 5.41) is 4.20. The molecule has 4 rings (SSSR count). The quantitative estimate of drug-likeness (QED) is 0.709. The van der Waals surface area contributed by atoms with E-state index < -0.39 is 0 Å². The molecular weight excluding hydrogens is 330 g/mol. The van der Waals surface area contributed by atoms with E-state index in [4.69, 9.17) is 9.72 Å². The Morgan fingerprint density at radius 3 is 2.88 bits per heavy atom. The predicted octanol–water partition coefficient (Wildman–Crippen LogP) is 1.81. The van der Waals surface area contributed by atoms with Gasteiger partial charge in [0.25, 0.3) is 0 Å². The van der Waals surface area contributed by atoms with Crippen LogP contribution < -0.4 is 4.90 Å². The van der Waals surface area contributed by atoms with Gasteiger partial charge in [0.1, 0.15) is 23.9 Å². The Labute approximate surface area is 151 Å². The fraction of sp³-hybridized carbons (Fsp3) is 0.389. The smallest absolute Gasteiger partial charge is 0.180 e. The van der Waals surface area contributed by atoms with Crippen molar-refractivity contribution >= 4 is 5.82 Å². The van der Waals surface area contributed by atoms with Crippen molar-refractivity contribution in [2.24, 2.45) is 7.05 Å². The molecule has 0 aliphatic carbocycles. The molecule has 8 heteroatoms. The zero-order valence-electron chi connectivity index (χ0n) is 14.9. The third-order valence-electron chi connectivity index (χ3n) is 4.49. The molecule has 1 aliphatic heterocycles. The van der Waals surface area contributed by atoms with Crippen molar-refractivity contribution in [1.82, 2.24) is 29.7 Å². The molecule has 0 aromatic carbocycles. The maximum atomic E-state index is 5.71. The first-order valence-corrected chi connectivity index (χ1v) is 8.74. The monoisotopic (exact) mass is 351 g/mol. The van der Waals surface area contributed by atoms with Crippen molar-refractivity contribution in [1.29, 1.82) is 0 Å². The minimum Gasteiger partial charge on any atom is -0.377 e. The fourth-order valence-corrected chi connectivity index (χ4v) is 3.12. The normalized spacial score (nSPS) is 17.5. The van der Waals surface area contributed by atoms with Crippen LogP contribution in [0, 0.1) is 0 Å². The molecule has 3 aromatic rings. The molecule has 4 heterocycles. The number of aryl methyl sites for hydroxylation is 2. The summed E-state index contributed by atoms with van der Waals surface area (Å²) in [4.78, 5) is 20.5. The van der Waals surface area contributed by atoms with Gasteiger partial charge in [-0.3, -0.25) is 9.67 Å². The van der Waals surface area contributed by atoms with E-state index in [1.165, 1.54) is 0 Å². The summed E-state index contributed by atoms with van der Waals surface area (Å²) in [5.41, 5.74) is 1.76. The van der Waals surface area contributed by atoms with Gasteiger partial charge in [0.15, 0.2) is 11.6 Å². The molecule has 0 saturated carbocycles. The highest BCUT2D eigenvalue weighted by Gasteiger charge is 2.29. The molecule has 134 valence electrons. The highest BCUT2D eigenvalue weighted by atomic mass is 16.5. The maximum Gasteiger partial charge on any atom is 0.180 e. The molecule has 1 fully saturated rings. The molecule has 0 amide bonds. The molecule has 1 aliphatic rings. The maximum absolute atomic E-state index is 5.71. The van der Waals surface area contributed by atoms with E-state index in [1.54, 1.807) is 17.2 Å². The summed E-state index contributed by atoms with van der Waals surface area (Å²) in [6.45, 7) is 4.03. The number of hydrogen-bond donors (Lipinski definition) is 0. The number of pyridine rings is 1. The summed E-state index contributed by atoms with van der Waals surface area (Å²) >= 11 is 0. The first-order chi connectivity index (χ1) is 12.8. The van der Waals surface area contributed by atoms with Gasteiger partial charge in [-0.25, -0.2) is 15.0 Å². The van der Waals surface area contributed by atoms with Crippen molar-refractivity contribution in [2.45, 2.75) is 19.4 Å². The molecule has 1 atom stereocenters. The predicted molar refractivity (Wildman–Crippen MR) is 96.6 cm³/mol. The number of nitrogens with zero attached hydrogens (tertiary/aromatic N) is 7. The van der Waals surface area contributed by atoms with Gasteiger partial charge in [-0.1, -0.05) is 13.0 Å². The molecule has 0 unspecified atom stereocenters. The van der Waals surface area contributed by atoms with Crippen LogP contribution in [0.25, 0.3) is 11.5 Å². The number of morpholine rings is 1. The van der Waals surface area contributed by atoms with Gasteiger partial charge in [-0.15, -0.1) is 0 Å². The van der Waals surface area contributed by atoms with Crippen LogP contribution in [-0.4, -0.2) is 49.5 Å². The van der Waals surface area contributed by atoms with Gasteiger partial charge in [-0.05, 0) is 18.6 Å². The third-order valence-corrected chi connectivity index (χ3v) is 4.49. The molecule has 0 bridgehead atoms. The molecule has 1 saturated heterocycles. The van der Waals surface area contributed by atoms with Crippen molar-refractivity contribution in [3.05, 3.63) is 48.3 Å². The van der Waals surface area contributed by atoms with Gasteiger partial charge < -0.3 is 9.64 Å². The van der Waals surface area contributed by atoms with E-state index in [2.05, 4.69) is 31.9 Å². The zero-order valence-corrected chi connectivity index (χ0v) is 14.9. The van der Waals surface area contributed by atoms with E-state index in [0.717, 1.165) is 36.0 Å². The van der Waals surface area contributed by atoms with Crippen LogP contribution in [0.15, 0.2) is 36.8 Å². The Kier molecular flexibility index (Phi) is 4.57. The van der Waals surface area contributed by atoms with Gasteiger partial charge in [0, 0.05) is 31.5 Å². The highest BCUT2D eigenvalue weighted by molar-refractivity contribution is 5.54. The third kappa shape index (κ3) is 3.15. The molecule has 8 nitrogen and oxygen atoms in total. The highest BCUT2D eigenvalue weighted by Crippen LogP contribution is 2.29. The topological polar surface area (TPSA) is 81.9 Å². The first-order valence-electron chi connectivity index (χ1n) is 8.74. The largest absolute Gasteiger partial charge is 0.377 e. The standard InChI is InChI=1S/C18H21N7O/c1-3-13-10-16(23-17(22-13)14-6-4-5-7-19-14)25-8-9-26-11-15(25)18-20-12-21-24(18)2/h4-7,10,12,15H,3,8-9,11H2,1-2H3/t15-/m1/s1. The summed E-state index contributed by atoms with van der Waals surface area (Å²) in [7, 11) is 1.89. The van der Waals surface area contributed by atoms with Crippen LogP contribution in [-0.2, 0) is 18.2 Å². The second kappa shape index (κ2) is 7.17. The Balaban J connectivity index is 1.76. The van der Waals surface area contributed by atoms with Crippen molar-refractivity contribution in [3.8, 4) is 11.5 Å². The lowest BCUT2D eigenvalue weighted by atomic mass is 10.2. The van der Waals surface area contributed by atoms with E-state index >= 15 is 0 Å². The minimum atomic E-state index is -0.0348. The number of rotatable bonds is 4. The first kappa shape index (κ1) is 16.6.